The second kappa shape index (κ2) is 11.5. The van der Waals surface area contributed by atoms with Crippen LogP contribution in [0.4, 0.5) is 10.6 Å². The third kappa shape index (κ3) is 6.06. The summed E-state index contributed by atoms with van der Waals surface area (Å²) in [6, 6.07) is 12.7. The van der Waals surface area contributed by atoms with Crippen molar-refractivity contribution < 1.29 is 23.9 Å². The first kappa shape index (κ1) is 26.9. The molecule has 0 radical (unpaired) electrons. The minimum Gasteiger partial charge on any atom is -0.425 e. The number of fused-ring (bicyclic) bond motifs is 1. The number of carbonyl (C=O) groups is 3. The van der Waals surface area contributed by atoms with Crippen LogP contribution >= 0.6 is 11.6 Å². The largest absolute Gasteiger partial charge is 0.425 e. The Hall–Kier alpha value is -4.10. The molecule has 1 fully saturated rings. The molecule has 1 unspecified atom stereocenters. The molecule has 2 atom stereocenters. The van der Waals surface area contributed by atoms with Gasteiger partial charge in [0.2, 0.25) is 12.2 Å². The average molecular weight is 538 g/mol. The van der Waals surface area contributed by atoms with Gasteiger partial charge >= 0.3 is 12.1 Å². The normalized spacial score (nSPS) is 16.1. The molecule has 2 N–H and O–H groups in total. The molecule has 11 heteroatoms. The molecule has 1 aliphatic rings. The number of piperidine rings is 1. The topological polar surface area (TPSA) is 137 Å². The SMILES string of the molecule is CC(OC(=O)C(C)C)OC(=O)N1CCC[C@@H](C(=O)Nc2n[nH]c3ccc(-c4cc(C#N)ccc4Cl)cc23)C1. The van der Waals surface area contributed by atoms with Crippen LogP contribution in [0.2, 0.25) is 5.02 Å². The summed E-state index contributed by atoms with van der Waals surface area (Å²) in [6.45, 7) is 5.46. The van der Waals surface area contributed by atoms with Crippen molar-refractivity contribution in [3.8, 4) is 17.2 Å². The molecule has 2 heterocycles. The van der Waals surface area contributed by atoms with Crippen LogP contribution in [0, 0.1) is 23.2 Å². The molecule has 2 amide bonds. The van der Waals surface area contributed by atoms with Gasteiger partial charge in [0.25, 0.3) is 0 Å². The number of hydrogen-bond donors (Lipinski definition) is 2. The first-order valence-corrected chi connectivity index (χ1v) is 12.7. The lowest BCUT2D eigenvalue weighted by atomic mass is 9.97. The van der Waals surface area contributed by atoms with Gasteiger partial charge in [-0.05, 0) is 48.7 Å². The van der Waals surface area contributed by atoms with E-state index in [2.05, 4.69) is 21.6 Å². The van der Waals surface area contributed by atoms with Crippen molar-refractivity contribution in [2.45, 2.75) is 39.9 Å². The molecule has 0 spiro atoms. The minimum absolute atomic E-state index is 0.166. The Morgan fingerprint density at radius 1 is 1.18 bits per heavy atom. The van der Waals surface area contributed by atoms with E-state index < -0.39 is 24.3 Å². The summed E-state index contributed by atoms with van der Waals surface area (Å²) in [6.07, 6.45) is -0.457. The number of halogens is 1. The number of nitrogens with zero attached hydrogens (tertiary/aromatic N) is 3. The van der Waals surface area contributed by atoms with Crippen LogP contribution in [0.5, 0.6) is 0 Å². The highest BCUT2D eigenvalue weighted by molar-refractivity contribution is 6.33. The maximum atomic E-state index is 13.1. The summed E-state index contributed by atoms with van der Waals surface area (Å²) < 4.78 is 10.3. The van der Waals surface area contributed by atoms with Crippen LogP contribution in [0.25, 0.3) is 22.0 Å². The zero-order valence-corrected chi connectivity index (χ0v) is 22.0. The zero-order valence-electron chi connectivity index (χ0n) is 21.3. The number of amides is 2. The predicted molar refractivity (Wildman–Crippen MR) is 141 cm³/mol. The third-order valence-corrected chi connectivity index (χ3v) is 6.61. The van der Waals surface area contributed by atoms with Gasteiger partial charge in [0.1, 0.15) is 0 Å². The van der Waals surface area contributed by atoms with Crippen molar-refractivity contribution >= 4 is 46.3 Å². The quantitative estimate of drug-likeness (QED) is 0.330. The fourth-order valence-corrected chi connectivity index (χ4v) is 4.44. The molecular formula is C27H28ClN5O5. The summed E-state index contributed by atoms with van der Waals surface area (Å²) in [4.78, 5) is 38.9. The summed E-state index contributed by atoms with van der Waals surface area (Å²) in [5, 5.41) is 20.5. The van der Waals surface area contributed by atoms with E-state index in [0.29, 0.717) is 46.7 Å². The van der Waals surface area contributed by atoms with Gasteiger partial charge in [-0.1, -0.05) is 31.5 Å². The minimum atomic E-state index is -1.03. The van der Waals surface area contributed by atoms with Crippen molar-refractivity contribution in [1.82, 2.24) is 15.1 Å². The van der Waals surface area contributed by atoms with Gasteiger partial charge < -0.3 is 19.7 Å². The fraction of sp³-hybridized carbons (Fsp3) is 0.370. The molecule has 38 heavy (non-hydrogen) atoms. The molecule has 1 aromatic heterocycles. The monoisotopic (exact) mass is 537 g/mol. The van der Waals surface area contributed by atoms with E-state index in [-0.39, 0.29) is 18.4 Å². The molecule has 3 aromatic rings. The number of H-pyrrole nitrogens is 1. The number of hydrogen-bond acceptors (Lipinski definition) is 7. The molecule has 10 nitrogen and oxygen atoms in total. The van der Waals surface area contributed by atoms with E-state index in [1.54, 1.807) is 32.0 Å². The van der Waals surface area contributed by atoms with Crippen molar-refractivity contribution in [2.24, 2.45) is 11.8 Å². The van der Waals surface area contributed by atoms with Gasteiger partial charge in [0.15, 0.2) is 5.82 Å². The standard InChI is InChI=1S/C27H28ClN5O5/c1-15(2)26(35)37-16(3)38-27(36)33-10-4-5-19(14-33)25(34)30-24-21-12-18(7-9-23(21)31-32-24)20-11-17(13-29)6-8-22(20)28/h6-9,11-12,15-16,19H,4-5,10,14H2,1-3H3,(H2,30,31,32,34)/t16?,19-/m1/s1. The molecule has 0 aliphatic carbocycles. The smallest absolute Gasteiger partial charge is 0.412 e. The Morgan fingerprint density at radius 3 is 2.71 bits per heavy atom. The van der Waals surface area contributed by atoms with Crippen molar-refractivity contribution in [2.75, 3.05) is 18.4 Å². The van der Waals surface area contributed by atoms with Gasteiger partial charge in [-0.15, -0.1) is 0 Å². The van der Waals surface area contributed by atoms with Crippen molar-refractivity contribution in [3.63, 3.8) is 0 Å². The van der Waals surface area contributed by atoms with Crippen LogP contribution in [0.1, 0.15) is 39.2 Å². The Kier molecular flexibility index (Phi) is 8.17. The number of likely N-dealkylation sites (tertiary alicyclic amines) is 1. The van der Waals surface area contributed by atoms with E-state index in [9.17, 15) is 19.6 Å². The number of benzene rings is 2. The summed E-state index contributed by atoms with van der Waals surface area (Å²) in [7, 11) is 0. The first-order chi connectivity index (χ1) is 18.2. The second-order valence-electron chi connectivity index (χ2n) is 9.46. The highest BCUT2D eigenvalue weighted by atomic mass is 35.5. The maximum absolute atomic E-state index is 13.1. The Morgan fingerprint density at radius 2 is 1.97 bits per heavy atom. The van der Waals surface area contributed by atoms with E-state index >= 15 is 0 Å². The Balaban J connectivity index is 1.44. The van der Waals surface area contributed by atoms with Gasteiger partial charge in [-0.25, -0.2) is 4.79 Å². The van der Waals surface area contributed by atoms with E-state index in [0.717, 1.165) is 11.1 Å². The lowest BCUT2D eigenvalue weighted by molar-refractivity contribution is -0.170. The van der Waals surface area contributed by atoms with Crippen LogP contribution in [-0.2, 0) is 19.1 Å². The third-order valence-electron chi connectivity index (χ3n) is 6.28. The zero-order chi connectivity index (χ0) is 27.4. The maximum Gasteiger partial charge on any atom is 0.412 e. The van der Waals surface area contributed by atoms with Crippen LogP contribution in [0.15, 0.2) is 36.4 Å². The number of aromatic amines is 1. The van der Waals surface area contributed by atoms with Gasteiger partial charge in [0, 0.05) is 36.0 Å². The van der Waals surface area contributed by atoms with Crippen molar-refractivity contribution in [1.29, 1.82) is 5.26 Å². The van der Waals surface area contributed by atoms with Crippen LogP contribution in [-0.4, -0.2) is 52.4 Å². The first-order valence-electron chi connectivity index (χ1n) is 12.3. The Labute approximate surface area is 224 Å². The molecule has 4 rings (SSSR count). The number of anilines is 1. The fourth-order valence-electron chi connectivity index (χ4n) is 4.21. The molecule has 1 saturated heterocycles. The van der Waals surface area contributed by atoms with Crippen LogP contribution < -0.4 is 5.32 Å². The number of ether oxygens (including phenoxy) is 2. The highest BCUT2D eigenvalue weighted by Gasteiger charge is 2.31. The van der Waals surface area contributed by atoms with Gasteiger partial charge in [-0.3, -0.25) is 14.7 Å². The average Bonchev–Trinajstić information content (AvgIpc) is 3.30. The molecule has 0 bridgehead atoms. The molecule has 198 valence electrons. The van der Waals surface area contributed by atoms with E-state index in [4.69, 9.17) is 21.1 Å². The molecule has 0 saturated carbocycles. The summed E-state index contributed by atoms with van der Waals surface area (Å²) >= 11 is 6.38. The number of esters is 1. The number of nitriles is 1. The van der Waals surface area contributed by atoms with E-state index in [1.807, 2.05) is 18.2 Å². The van der Waals surface area contributed by atoms with Crippen LogP contribution in [0.3, 0.4) is 0 Å². The summed E-state index contributed by atoms with van der Waals surface area (Å²) in [5.74, 6) is -1.19. The molecular weight excluding hydrogens is 510 g/mol. The van der Waals surface area contributed by atoms with Gasteiger partial charge in [0.05, 0.1) is 29.0 Å². The highest BCUT2D eigenvalue weighted by Crippen LogP contribution is 2.33. The number of aromatic nitrogens is 2. The lowest BCUT2D eigenvalue weighted by Gasteiger charge is -2.31. The van der Waals surface area contributed by atoms with Crippen molar-refractivity contribution in [3.05, 3.63) is 47.0 Å². The molecule has 2 aromatic carbocycles. The Bertz CT molecular complexity index is 1410. The summed E-state index contributed by atoms with van der Waals surface area (Å²) in [5.41, 5.74) is 2.67. The molecule has 1 aliphatic heterocycles. The number of rotatable bonds is 6. The second-order valence-corrected chi connectivity index (χ2v) is 9.86. The predicted octanol–water partition coefficient (Wildman–Crippen LogP) is 5.09. The lowest BCUT2D eigenvalue weighted by Crippen LogP contribution is -2.45. The van der Waals surface area contributed by atoms with Gasteiger partial charge in [-0.2, -0.15) is 10.4 Å². The number of nitrogens with one attached hydrogen (secondary N) is 2. The van der Waals surface area contributed by atoms with E-state index in [1.165, 1.54) is 11.8 Å². The number of carbonyl (C=O) groups excluding carboxylic acids is 3.